The largest absolute Gasteiger partial charge is 0.490 e. The fraction of sp³-hybridized carbons (Fsp3) is 0.500. The highest BCUT2D eigenvalue weighted by molar-refractivity contribution is 7.92. The Morgan fingerprint density at radius 1 is 1.22 bits per heavy atom. The number of carbonyl (C=O) groups is 2. The van der Waals surface area contributed by atoms with Crippen molar-refractivity contribution in [3.05, 3.63) is 86.3 Å². The van der Waals surface area contributed by atoms with Crippen molar-refractivity contribution in [1.29, 1.82) is 0 Å². The maximum Gasteiger partial charge on any atom is 0.286 e. The van der Waals surface area contributed by atoms with Crippen LogP contribution >= 0.6 is 22.9 Å². The number of aromatic nitrogens is 1. The number of halogens is 1. The average Bonchev–Trinajstić information content (AvgIpc) is 3.43. The summed E-state index contributed by atoms with van der Waals surface area (Å²) in [5, 5.41) is 0.744. The Kier molecular flexibility index (Phi) is 10.4. The van der Waals surface area contributed by atoms with Gasteiger partial charge < -0.3 is 14.4 Å². The van der Waals surface area contributed by atoms with Crippen LogP contribution in [-0.4, -0.2) is 59.7 Å². The molecule has 0 saturated heterocycles. The molecule has 7 rings (SSSR count). The summed E-state index contributed by atoms with van der Waals surface area (Å²) >= 11 is 7.97. The maximum atomic E-state index is 14.3. The predicted molar refractivity (Wildman–Crippen MR) is 199 cm³/mol. The van der Waals surface area contributed by atoms with E-state index in [1.807, 2.05) is 25.1 Å². The number of hydrogen-bond donors (Lipinski definition) is 1. The molecule has 1 fully saturated rings. The van der Waals surface area contributed by atoms with Gasteiger partial charge >= 0.3 is 0 Å². The topological polar surface area (TPSA) is 110 Å². The molecule has 1 aromatic heterocycles. The molecule has 1 unspecified atom stereocenters. The maximum absolute atomic E-state index is 14.3. The summed E-state index contributed by atoms with van der Waals surface area (Å²) in [5.74, 6) is 0.495. The van der Waals surface area contributed by atoms with E-state index < -0.39 is 21.7 Å². The van der Waals surface area contributed by atoms with E-state index in [1.54, 1.807) is 18.7 Å². The van der Waals surface area contributed by atoms with E-state index in [0.717, 1.165) is 66.5 Å². The minimum atomic E-state index is -3.41. The summed E-state index contributed by atoms with van der Waals surface area (Å²) in [4.78, 5) is 34.7. The molecule has 2 bridgehead atoms. The van der Waals surface area contributed by atoms with E-state index in [4.69, 9.17) is 21.1 Å². The minimum Gasteiger partial charge on any atom is -0.490 e. The van der Waals surface area contributed by atoms with Crippen molar-refractivity contribution in [2.24, 2.45) is 16.2 Å². The van der Waals surface area contributed by atoms with Crippen molar-refractivity contribution in [2.45, 2.75) is 76.2 Å². The number of hydrogen-bond acceptors (Lipinski definition) is 8. The Bertz CT molecular complexity index is 1920. The second kappa shape index (κ2) is 14.8. The molecule has 3 heterocycles. The molecule has 1 spiro atoms. The van der Waals surface area contributed by atoms with Crippen LogP contribution in [0.4, 0.5) is 5.69 Å². The number of allylic oxidation sites excluding steroid dienone is 1. The molecule has 2 aliphatic heterocycles. The van der Waals surface area contributed by atoms with Crippen molar-refractivity contribution in [1.82, 2.24) is 9.71 Å². The molecular formula is C38H45ClN4O5S2. The predicted octanol–water partition coefficient (Wildman–Crippen LogP) is 7.24. The van der Waals surface area contributed by atoms with Crippen molar-refractivity contribution >= 4 is 50.4 Å². The zero-order valence-corrected chi connectivity index (χ0v) is 31.1. The highest BCUT2D eigenvalue weighted by atomic mass is 35.5. The number of anilines is 1. The number of carbonyl (C=O) groups excluding carboxylic acids is 2. The summed E-state index contributed by atoms with van der Waals surface area (Å²) in [6.45, 7) is 4.00. The average molecular weight is 737 g/mol. The molecule has 2 aliphatic carbocycles. The SMILES string of the molecule is CO[C@H]1/C=C/CCCS(=O)(NC(=O)CCc2ncsc2C)=NC(=O)c2ccc3c(c2)N(C[C@@H]2CC[C@H]21)C[C@@]1(CCCc2cc(Cl)ccc21)CO3. The van der Waals surface area contributed by atoms with Crippen LogP contribution in [0.1, 0.15) is 77.0 Å². The van der Waals surface area contributed by atoms with Gasteiger partial charge in [0.05, 0.1) is 35.4 Å². The number of nitrogens with one attached hydrogen (secondary N) is 1. The number of rotatable bonds is 5. The molecular weight excluding hydrogens is 692 g/mol. The van der Waals surface area contributed by atoms with Gasteiger partial charge in [0.1, 0.15) is 15.7 Å². The van der Waals surface area contributed by atoms with Crippen LogP contribution < -0.4 is 14.4 Å². The first-order valence-electron chi connectivity index (χ1n) is 17.6. The van der Waals surface area contributed by atoms with Crippen LogP contribution in [0.15, 0.2) is 58.4 Å². The van der Waals surface area contributed by atoms with Gasteiger partial charge in [-0.1, -0.05) is 29.8 Å². The lowest BCUT2D eigenvalue weighted by Crippen LogP contribution is -2.49. The third kappa shape index (κ3) is 7.38. The number of aryl methyl sites for hydroxylation is 3. The Labute approximate surface area is 304 Å². The summed E-state index contributed by atoms with van der Waals surface area (Å²) in [7, 11) is -1.64. The van der Waals surface area contributed by atoms with Gasteiger partial charge in [-0.2, -0.15) is 0 Å². The van der Waals surface area contributed by atoms with Gasteiger partial charge in [-0.3, -0.25) is 14.3 Å². The standard InChI is InChI=1S/C38H45ClN4O5S2/c1-25-32(40-24-49-25)14-16-36(44)41-50(46)18-5-3-4-8-34(47-2)30-12-9-28(30)21-43-22-38(17-6-7-26-19-29(39)11-13-31(26)38)23-48-35-15-10-27(20-33(35)43)37(45)42-50/h4,8,10-11,13,15,19-20,24,28,30,34H,3,5-7,9,12,14,16-18,21-23H2,1-2H3,(H,41,42,44,45,46)/b8-4+/t28-,30+,34-,38-,50?/m0/s1. The molecule has 5 atom stereocenters. The molecule has 2 aromatic carbocycles. The quantitative estimate of drug-likeness (QED) is 0.275. The van der Waals surface area contributed by atoms with E-state index in [-0.39, 0.29) is 23.7 Å². The molecule has 50 heavy (non-hydrogen) atoms. The zero-order chi connectivity index (χ0) is 34.9. The molecule has 4 aliphatic rings. The number of amides is 2. The van der Waals surface area contributed by atoms with Crippen LogP contribution in [0.25, 0.3) is 0 Å². The summed E-state index contributed by atoms with van der Waals surface area (Å²) in [5.41, 5.74) is 6.05. The van der Waals surface area contributed by atoms with Gasteiger partial charge in [0, 0.05) is 47.5 Å². The molecule has 1 N–H and O–H groups in total. The van der Waals surface area contributed by atoms with Gasteiger partial charge in [0.15, 0.2) is 0 Å². The zero-order valence-electron chi connectivity index (χ0n) is 28.7. The lowest BCUT2D eigenvalue weighted by molar-refractivity contribution is -0.119. The van der Waals surface area contributed by atoms with Crippen molar-refractivity contribution < 1.29 is 23.3 Å². The third-order valence-corrected chi connectivity index (χ3v) is 13.8. The minimum absolute atomic E-state index is 0.0355. The lowest BCUT2D eigenvalue weighted by Gasteiger charge is -2.46. The van der Waals surface area contributed by atoms with E-state index in [2.05, 4.69) is 43.3 Å². The monoisotopic (exact) mass is 736 g/mol. The van der Waals surface area contributed by atoms with E-state index in [9.17, 15) is 13.8 Å². The van der Waals surface area contributed by atoms with E-state index >= 15 is 0 Å². The van der Waals surface area contributed by atoms with E-state index in [0.29, 0.717) is 49.0 Å². The first kappa shape index (κ1) is 35.2. The van der Waals surface area contributed by atoms with Gasteiger partial charge in [-0.05, 0) is 112 Å². The lowest BCUT2D eigenvalue weighted by atomic mass is 9.68. The number of ether oxygens (including phenoxy) is 2. The van der Waals surface area contributed by atoms with Crippen LogP contribution in [0, 0.1) is 18.8 Å². The fourth-order valence-corrected chi connectivity index (χ4v) is 10.6. The number of fused-ring (bicyclic) bond motifs is 4. The Morgan fingerprint density at radius 2 is 2.10 bits per heavy atom. The van der Waals surface area contributed by atoms with Crippen LogP contribution in [0.3, 0.4) is 0 Å². The molecule has 1 saturated carbocycles. The van der Waals surface area contributed by atoms with Gasteiger partial charge in [-0.15, -0.1) is 15.7 Å². The fourth-order valence-electron chi connectivity index (χ4n) is 8.14. The number of methoxy groups -OCH3 is 1. The van der Waals surface area contributed by atoms with E-state index in [1.165, 1.54) is 22.5 Å². The Hall–Kier alpha value is -3.25. The summed E-state index contributed by atoms with van der Waals surface area (Å²) in [6, 6.07) is 11.6. The highest BCUT2D eigenvalue weighted by Gasteiger charge is 2.44. The van der Waals surface area contributed by atoms with Crippen LogP contribution in [0.5, 0.6) is 5.75 Å². The molecule has 9 nitrogen and oxygen atoms in total. The summed E-state index contributed by atoms with van der Waals surface area (Å²) in [6.07, 6.45) is 11.0. The molecule has 12 heteroatoms. The van der Waals surface area contributed by atoms with Crippen molar-refractivity contribution in [3.8, 4) is 5.75 Å². The smallest absolute Gasteiger partial charge is 0.286 e. The molecule has 3 aromatic rings. The molecule has 0 radical (unpaired) electrons. The number of thiazole rings is 1. The Morgan fingerprint density at radius 3 is 2.88 bits per heavy atom. The third-order valence-electron chi connectivity index (χ3n) is 11.0. The normalized spacial score (nSPS) is 28.7. The first-order valence-corrected chi connectivity index (χ1v) is 20.6. The van der Waals surface area contributed by atoms with Gasteiger partial charge in [0.25, 0.3) is 5.91 Å². The molecule has 2 amide bonds. The van der Waals surface area contributed by atoms with Crippen LogP contribution in [-0.2, 0) is 37.7 Å². The second-order valence-corrected chi connectivity index (χ2v) is 17.8. The van der Waals surface area contributed by atoms with Gasteiger partial charge in [0.2, 0.25) is 5.91 Å². The van der Waals surface area contributed by atoms with Crippen molar-refractivity contribution in [3.63, 3.8) is 0 Å². The number of nitrogens with zero attached hydrogens (tertiary/aromatic N) is 3. The Balaban J connectivity index is 1.24. The van der Waals surface area contributed by atoms with Gasteiger partial charge in [-0.25, -0.2) is 9.19 Å². The van der Waals surface area contributed by atoms with Crippen LogP contribution in [0.2, 0.25) is 5.02 Å². The molecule has 266 valence electrons. The second-order valence-electron chi connectivity index (χ2n) is 14.2. The van der Waals surface area contributed by atoms with Crippen molar-refractivity contribution in [2.75, 3.05) is 37.5 Å². The summed E-state index contributed by atoms with van der Waals surface area (Å²) < 4.78 is 33.8. The highest BCUT2D eigenvalue weighted by Crippen LogP contribution is 2.47. The first-order chi connectivity index (χ1) is 24.1. The number of benzene rings is 2.